The third-order valence-corrected chi connectivity index (χ3v) is 4.70. The second-order valence-electron chi connectivity index (χ2n) is 6.34. The van der Waals surface area contributed by atoms with Crippen LogP contribution in [0.1, 0.15) is 21.5 Å². The summed E-state index contributed by atoms with van der Waals surface area (Å²) in [5, 5.41) is 3.14. The first-order chi connectivity index (χ1) is 13.1. The van der Waals surface area contributed by atoms with Crippen molar-refractivity contribution in [2.45, 2.75) is 13.5 Å². The lowest BCUT2D eigenvalue weighted by atomic mass is 10.2. The first-order valence-corrected chi connectivity index (χ1v) is 8.91. The van der Waals surface area contributed by atoms with Crippen LogP contribution in [0.25, 0.3) is 11.2 Å². The van der Waals surface area contributed by atoms with Crippen molar-refractivity contribution < 1.29 is 4.79 Å². The minimum Gasteiger partial charge on any atom is -0.322 e. The maximum absolute atomic E-state index is 12.6. The minimum absolute atomic E-state index is 0.301. The van der Waals surface area contributed by atoms with E-state index in [1.165, 1.54) is 6.20 Å². The van der Waals surface area contributed by atoms with E-state index in [9.17, 15) is 4.79 Å². The number of amides is 1. The van der Waals surface area contributed by atoms with Crippen LogP contribution in [-0.4, -0.2) is 20.4 Å². The summed E-state index contributed by atoms with van der Waals surface area (Å²) < 4.78 is 1.91. The summed E-state index contributed by atoms with van der Waals surface area (Å²) in [6.45, 7) is 2.63. The lowest BCUT2D eigenvalue weighted by Gasteiger charge is -2.08. The number of imidazole rings is 1. The maximum atomic E-state index is 12.6. The monoisotopic (exact) mass is 376 g/mol. The normalized spacial score (nSPS) is 10.9. The van der Waals surface area contributed by atoms with E-state index in [1.54, 1.807) is 6.33 Å². The van der Waals surface area contributed by atoms with Crippen molar-refractivity contribution in [3.05, 3.63) is 88.8 Å². The highest BCUT2D eigenvalue weighted by molar-refractivity contribution is 6.38. The molecule has 0 saturated heterocycles. The van der Waals surface area contributed by atoms with Gasteiger partial charge in [0.1, 0.15) is 5.52 Å². The van der Waals surface area contributed by atoms with Crippen LogP contribution in [0.4, 0.5) is 5.69 Å². The zero-order valence-corrected chi connectivity index (χ0v) is 15.4. The van der Waals surface area contributed by atoms with E-state index in [-0.39, 0.29) is 5.91 Å². The Morgan fingerprint density at radius 3 is 2.56 bits per heavy atom. The molecule has 4 aromatic rings. The van der Waals surface area contributed by atoms with Crippen molar-refractivity contribution in [2.24, 2.45) is 0 Å². The van der Waals surface area contributed by atoms with Gasteiger partial charge in [-0.05, 0) is 24.6 Å². The molecule has 1 N–H and O–H groups in total. The van der Waals surface area contributed by atoms with Gasteiger partial charge in [-0.1, -0.05) is 59.6 Å². The first kappa shape index (κ1) is 17.2. The van der Waals surface area contributed by atoms with Gasteiger partial charge in [-0.3, -0.25) is 4.79 Å². The summed E-state index contributed by atoms with van der Waals surface area (Å²) in [7, 11) is 0. The molecule has 27 heavy (non-hydrogen) atoms. The van der Waals surface area contributed by atoms with Crippen LogP contribution in [0.3, 0.4) is 0 Å². The number of pyridine rings is 1. The molecule has 0 aliphatic heterocycles. The molecular weight excluding hydrogens is 360 g/mol. The van der Waals surface area contributed by atoms with Crippen LogP contribution >= 0.6 is 11.6 Å². The quantitative estimate of drug-likeness (QED) is 0.562. The van der Waals surface area contributed by atoms with Gasteiger partial charge in [0, 0.05) is 11.9 Å². The van der Waals surface area contributed by atoms with Crippen LogP contribution in [0.2, 0.25) is 5.02 Å². The fourth-order valence-corrected chi connectivity index (χ4v) is 3.13. The maximum Gasteiger partial charge on any atom is 0.258 e. The van der Waals surface area contributed by atoms with Crippen molar-refractivity contribution in [2.75, 3.05) is 5.32 Å². The Kier molecular flexibility index (Phi) is 4.60. The molecule has 0 aliphatic carbocycles. The zero-order valence-electron chi connectivity index (χ0n) is 14.7. The van der Waals surface area contributed by atoms with Crippen molar-refractivity contribution in [1.29, 1.82) is 0 Å². The van der Waals surface area contributed by atoms with Crippen LogP contribution in [0, 0.1) is 6.92 Å². The van der Waals surface area contributed by atoms with Crippen molar-refractivity contribution >= 4 is 34.4 Å². The third-order valence-electron chi connectivity index (χ3n) is 4.32. The van der Waals surface area contributed by atoms with E-state index in [1.807, 2.05) is 66.1 Å². The van der Waals surface area contributed by atoms with Crippen molar-refractivity contribution in [3.63, 3.8) is 0 Å². The molecule has 0 fully saturated rings. The number of nitrogens with one attached hydrogen (secondary N) is 1. The summed E-state index contributed by atoms with van der Waals surface area (Å²) in [6, 6.07) is 17.6. The van der Waals surface area contributed by atoms with Gasteiger partial charge in [-0.15, -0.1) is 0 Å². The van der Waals surface area contributed by atoms with E-state index in [0.29, 0.717) is 34.0 Å². The second kappa shape index (κ2) is 7.21. The SMILES string of the molecule is Cc1ccc(NC(=O)c2cnc3c(ncn3Cc3ccccc3)c2Cl)cc1. The summed E-state index contributed by atoms with van der Waals surface area (Å²) in [4.78, 5) is 21.4. The Balaban J connectivity index is 1.62. The molecular formula is C21H17ClN4O. The number of nitrogens with zero attached hydrogens (tertiary/aromatic N) is 3. The lowest BCUT2D eigenvalue weighted by Crippen LogP contribution is -2.13. The highest BCUT2D eigenvalue weighted by atomic mass is 35.5. The third kappa shape index (κ3) is 3.55. The number of rotatable bonds is 4. The Morgan fingerprint density at radius 2 is 1.81 bits per heavy atom. The molecule has 2 heterocycles. The second-order valence-corrected chi connectivity index (χ2v) is 6.71. The molecule has 1 amide bonds. The Bertz CT molecular complexity index is 1100. The van der Waals surface area contributed by atoms with Gasteiger partial charge in [0.05, 0.1) is 23.5 Å². The number of halogens is 1. The van der Waals surface area contributed by atoms with Crippen molar-refractivity contribution in [1.82, 2.24) is 14.5 Å². The molecule has 0 radical (unpaired) electrons. The van der Waals surface area contributed by atoms with Gasteiger partial charge in [-0.2, -0.15) is 0 Å². The molecule has 0 bridgehead atoms. The van der Waals surface area contributed by atoms with Crippen LogP contribution in [-0.2, 0) is 6.54 Å². The Hall–Kier alpha value is -3.18. The molecule has 4 rings (SSSR count). The topological polar surface area (TPSA) is 59.8 Å². The predicted octanol–water partition coefficient (Wildman–Crippen LogP) is 4.69. The Labute approximate surface area is 161 Å². The molecule has 0 aliphatic rings. The van der Waals surface area contributed by atoms with Gasteiger partial charge in [0.25, 0.3) is 5.91 Å². The smallest absolute Gasteiger partial charge is 0.258 e. The van der Waals surface area contributed by atoms with E-state index in [0.717, 1.165) is 11.1 Å². The van der Waals surface area contributed by atoms with E-state index < -0.39 is 0 Å². The number of aromatic nitrogens is 3. The number of carbonyl (C=O) groups excluding carboxylic acids is 1. The molecule has 2 aromatic heterocycles. The predicted molar refractivity (Wildman–Crippen MR) is 107 cm³/mol. The van der Waals surface area contributed by atoms with Crippen molar-refractivity contribution in [3.8, 4) is 0 Å². The molecule has 134 valence electrons. The average Bonchev–Trinajstić information content (AvgIpc) is 3.08. The molecule has 0 unspecified atom stereocenters. The van der Waals surface area contributed by atoms with Crippen LogP contribution < -0.4 is 5.32 Å². The van der Waals surface area contributed by atoms with Gasteiger partial charge >= 0.3 is 0 Å². The summed E-state index contributed by atoms with van der Waals surface area (Å²) in [6.07, 6.45) is 3.19. The number of hydrogen-bond donors (Lipinski definition) is 1. The van der Waals surface area contributed by atoms with Gasteiger partial charge in [0.2, 0.25) is 0 Å². The van der Waals surface area contributed by atoms with Gasteiger partial charge in [-0.25, -0.2) is 9.97 Å². The van der Waals surface area contributed by atoms with Crippen LogP contribution in [0.15, 0.2) is 67.1 Å². The number of aryl methyl sites for hydroxylation is 1. The number of anilines is 1. The number of fused-ring (bicyclic) bond motifs is 1. The van der Waals surface area contributed by atoms with Crippen LogP contribution in [0.5, 0.6) is 0 Å². The molecule has 2 aromatic carbocycles. The highest BCUT2D eigenvalue weighted by Gasteiger charge is 2.17. The fourth-order valence-electron chi connectivity index (χ4n) is 2.87. The van der Waals surface area contributed by atoms with E-state index >= 15 is 0 Å². The highest BCUT2D eigenvalue weighted by Crippen LogP contribution is 2.26. The molecule has 0 atom stereocenters. The first-order valence-electron chi connectivity index (χ1n) is 8.53. The van der Waals surface area contributed by atoms with Gasteiger partial charge in [0.15, 0.2) is 5.65 Å². The molecule has 0 spiro atoms. The molecule has 0 saturated carbocycles. The number of carbonyl (C=O) groups is 1. The largest absolute Gasteiger partial charge is 0.322 e. The molecule has 6 heteroatoms. The fraction of sp³-hybridized carbons (Fsp3) is 0.0952. The standard InChI is InChI=1S/C21H17ClN4O/c1-14-7-9-16(10-8-14)25-21(27)17-11-23-20-19(18(17)22)24-13-26(20)12-15-5-3-2-4-6-15/h2-11,13H,12H2,1H3,(H,25,27). The lowest BCUT2D eigenvalue weighted by molar-refractivity contribution is 0.102. The zero-order chi connectivity index (χ0) is 18.8. The van der Waals surface area contributed by atoms with E-state index in [2.05, 4.69) is 15.3 Å². The van der Waals surface area contributed by atoms with Gasteiger partial charge < -0.3 is 9.88 Å². The molecule has 5 nitrogen and oxygen atoms in total. The summed E-state index contributed by atoms with van der Waals surface area (Å²) in [5.41, 5.74) is 4.43. The number of hydrogen-bond acceptors (Lipinski definition) is 3. The summed E-state index contributed by atoms with van der Waals surface area (Å²) >= 11 is 6.47. The Morgan fingerprint density at radius 1 is 1.07 bits per heavy atom. The number of benzene rings is 2. The average molecular weight is 377 g/mol. The van der Waals surface area contributed by atoms with E-state index in [4.69, 9.17) is 11.6 Å². The minimum atomic E-state index is -0.309. The summed E-state index contributed by atoms with van der Waals surface area (Å²) in [5.74, 6) is -0.309.